The molecule has 3 heterocycles. The zero-order chi connectivity index (χ0) is 17.6. The van der Waals surface area contributed by atoms with Gasteiger partial charge in [0.05, 0.1) is 12.3 Å². The van der Waals surface area contributed by atoms with Gasteiger partial charge in [-0.3, -0.25) is 4.79 Å². The SMILES string of the molecule is CC(C)c1ncnn1-c1nc2c(s1)CCOc1ccc(C(N)=O)cc1-2. The Balaban J connectivity index is 1.87. The van der Waals surface area contributed by atoms with Gasteiger partial charge in [0, 0.05) is 28.3 Å². The van der Waals surface area contributed by atoms with Gasteiger partial charge in [-0.15, -0.1) is 0 Å². The molecule has 4 rings (SSSR count). The topological polar surface area (TPSA) is 95.9 Å². The molecule has 2 aromatic heterocycles. The van der Waals surface area contributed by atoms with Gasteiger partial charge in [0.2, 0.25) is 11.0 Å². The van der Waals surface area contributed by atoms with E-state index in [1.165, 1.54) is 0 Å². The highest BCUT2D eigenvalue weighted by atomic mass is 32.1. The summed E-state index contributed by atoms with van der Waals surface area (Å²) in [5.74, 6) is 1.35. The molecule has 3 aromatic rings. The molecule has 1 amide bonds. The summed E-state index contributed by atoms with van der Waals surface area (Å²) in [5.41, 5.74) is 7.47. The molecular weight excluding hydrogens is 338 g/mol. The van der Waals surface area contributed by atoms with Crippen LogP contribution in [-0.2, 0) is 6.42 Å². The smallest absolute Gasteiger partial charge is 0.248 e. The molecule has 0 saturated heterocycles. The number of rotatable bonds is 3. The molecular formula is C17H17N5O2S. The van der Waals surface area contributed by atoms with Crippen molar-refractivity contribution in [2.24, 2.45) is 5.73 Å². The maximum absolute atomic E-state index is 11.5. The highest BCUT2D eigenvalue weighted by Crippen LogP contribution is 2.39. The number of thiazole rings is 1. The van der Waals surface area contributed by atoms with E-state index >= 15 is 0 Å². The van der Waals surface area contributed by atoms with Crippen molar-refractivity contribution in [3.8, 4) is 22.1 Å². The van der Waals surface area contributed by atoms with Crippen LogP contribution in [0.3, 0.4) is 0 Å². The zero-order valence-electron chi connectivity index (χ0n) is 13.9. The van der Waals surface area contributed by atoms with E-state index in [2.05, 4.69) is 23.9 Å². The van der Waals surface area contributed by atoms with Gasteiger partial charge in [-0.25, -0.2) is 9.97 Å². The summed E-state index contributed by atoms with van der Waals surface area (Å²) < 4.78 is 7.58. The minimum absolute atomic E-state index is 0.239. The van der Waals surface area contributed by atoms with Gasteiger partial charge < -0.3 is 10.5 Å². The van der Waals surface area contributed by atoms with E-state index in [-0.39, 0.29) is 5.92 Å². The standard InChI is InChI=1S/C17H17N5O2S/c1-9(2)16-19-8-20-22(16)17-21-14-11-7-10(15(18)23)3-4-12(11)24-6-5-13(14)25-17/h3-4,7-9H,5-6H2,1-2H3,(H2,18,23). The highest BCUT2D eigenvalue weighted by Gasteiger charge is 2.23. The van der Waals surface area contributed by atoms with Crippen LogP contribution in [0.5, 0.6) is 5.75 Å². The number of benzene rings is 1. The number of aromatic nitrogens is 4. The predicted octanol–water partition coefficient (Wildman–Crippen LogP) is 2.55. The molecule has 25 heavy (non-hydrogen) atoms. The lowest BCUT2D eigenvalue weighted by Gasteiger charge is -2.08. The lowest BCUT2D eigenvalue weighted by molar-refractivity contribution is 0.100. The number of carbonyl (C=O) groups excluding carboxylic acids is 1. The molecule has 0 aliphatic carbocycles. The van der Waals surface area contributed by atoms with Crippen LogP contribution in [0.15, 0.2) is 24.5 Å². The number of nitrogens with two attached hydrogens (primary N) is 1. The second-order valence-corrected chi connectivity index (χ2v) is 7.19. The Morgan fingerprint density at radius 3 is 3.00 bits per heavy atom. The lowest BCUT2D eigenvalue weighted by atomic mass is 10.1. The normalized spacial score (nSPS) is 13.1. The molecule has 128 valence electrons. The first-order chi connectivity index (χ1) is 12.0. The Labute approximate surface area is 148 Å². The Kier molecular flexibility index (Phi) is 3.76. The van der Waals surface area contributed by atoms with E-state index in [0.29, 0.717) is 17.9 Å². The number of fused-ring (bicyclic) bond motifs is 3. The van der Waals surface area contributed by atoms with Crippen molar-refractivity contribution in [1.82, 2.24) is 19.7 Å². The summed E-state index contributed by atoms with van der Waals surface area (Å²) in [6.45, 7) is 4.70. The fourth-order valence-electron chi connectivity index (χ4n) is 2.85. The molecule has 2 N–H and O–H groups in total. The molecule has 1 aliphatic heterocycles. The number of nitrogens with zero attached hydrogens (tertiary/aromatic N) is 4. The monoisotopic (exact) mass is 355 g/mol. The van der Waals surface area contributed by atoms with Crippen molar-refractivity contribution in [2.75, 3.05) is 6.61 Å². The summed E-state index contributed by atoms with van der Waals surface area (Å²) in [6.07, 6.45) is 2.30. The van der Waals surface area contributed by atoms with E-state index < -0.39 is 5.91 Å². The van der Waals surface area contributed by atoms with Gasteiger partial charge in [-0.05, 0) is 18.2 Å². The summed E-state index contributed by atoms with van der Waals surface area (Å²) in [4.78, 5) is 21.8. The van der Waals surface area contributed by atoms with Crippen LogP contribution in [0.25, 0.3) is 16.4 Å². The van der Waals surface area contributed by atoms with Gasteiger partial charge >= 0.3 is 0 Å². The van der Waals surface area contributed by atoms with Crippen molar-refractivity contribution >= 4 is 17.2 Å². The first-order valence-corrected chi connectivity index (χ1v) is 8.83. The maximum atomic E-state index is 11.5. The second kappa shape index (κ2) is 5.96. The predicted molar refractivity (Wildman–Crippen MR) is 94.3 cm³/mol. The van der Waals surface area contributed by atoms with Crippen molar-refractivity contribution in [3.63, 3.8) is 0 Å². The average Bonchev–Trinajstić information content (AvgIpc) is 3.18. The molecule has 0 unspecified atom stereocenters. The molecule has 1 aromatic carbocycles. The molecule has 0 saturated carbocycles. The third-order valence-electron chi connectivity index (χ3n) is 4.06. The number of primary amides is 1. The summed E-state index contributed by atoms with van der Waals surface area (Å²) in [7, 11) is 0. The third-order valence-corrected chi connectivity index (χ3v) is 5.15. The molecule has 0 fully saturated rings. The van der Waals surface area contributed by atoms with Gasteiger partial charge in [0.15, 0.2) is 0 Å². The van der Waals surface area contributed by atoms with E-state index in [1.54, 1.807) is 40.5 Å². The minimum atomic E-state index is -0.470. The Hall–Kier alpha value is -2.74. The molecule has 1 aliphatic rings. The van der Waals surface area contributed by atoms with Crippen molar-refractivity contribution in [1.29, 1.82) is 0 Å². The average molecular weight is 355 g/mol. The quantitative estimate of drug-likeness (QED) is 0.779. The van der Waals surface area contributed by atoms with Crippen LogP contribution in [0.4, 0.5) is 0 Å². The Morgan fingerprint density at radius 1 is 1.40 bits per heavy atom. The van der Waals surface area contributed by atoms with Crippen molar-refractivity contribution in [2.45, 2.75) is 26.2 Å². The van der Waals surface area contributed by atoms with Crippen molar-refractivity contribution in [3.05, 3.63) is 40.8 Å². The van der Waals surface area contributed by atoms with Gasteiger partial charge in [0.1, 0.15) is 17.9 Å². The number of ether oxygens (including phenoxy) is 1. The molecule has 0 radical (unpaired) electrons. The zero-order valence-corrected chi connectivity index (χ0v) is 14.7. The first-order valence-electron chi connectivity index (χ1n) is 8.01. The molecule has 0 spiro atoms. The van der Waals surface area contributed by atoms with E-state index in [0.717, 1.165) is 33.5 Å². The van der Waals surface area contributed by atoms with E-state index in [9.17, 15) is 4.79 Å². The minimum Gasteiger partial charge on any atom is -0.493 e. The summed E-state index contributed by atoms with van der Waals surface area (Å²) in [5, 5.41) is 5.09. The van der Waals surface area contributed by atoms with Gasteiger partial charge in [0.25, 0.3) is 0 Å². The van der Waals surface area contributed by atoms with Crippen LogP contribution >= 0.6 is 11.3 Å². The molecule has 7 nitrogen and oxygen atoms in total. The van der Waals surface area contributed by atoms with Crippen LogP contribution in [-0.4, -0.2) is 32.3 Å². The van der Waals surface area contributed by atoms with Crippen LogP contribution < -0.4 is 10.5 Å². The highest BCUT2D eigenvalue weighted by molar-refractivity contribution is 7.14. The van der Waals surface area contributed by atoms with Gasteiger partial charge in [-0.2, -0.15) is 9.78 Å². The van der Waals surface area contributed by atoms with Crippen molar-refractivity contribution < 1.29 is 9.53 Å². The lowest BCUT2D eigenvalue weighted by Crippen LogP contribution is -2.11. The van der Waals surface area contributed by atoms with E-state index in [1.807, 2.05) is 0 Å². The molecule has 0 atom stereocenters. The number of hydrogen-bond donors (Lipinski definition) is 1. The fraction of sp³-hybridized carbons (Fsp3) is 0.294. The number of carbonyl (C=O) groups is 1. The number of amides is 1. The van der Waals surface area contributed by atoms with Crippen LogP contribution in [0, 0.1) is 0 Å². The first kappa shape index (κ1) is 15.8. The maximum Gasteiger partial charge on any atom is 0.248 e. The molecule has 8 heteroatoms. The van der Waals surface area contributed by atoms with E-state index in [4.69, 9.17) is 15.5 Å². The van der Waals surface area contributed by atoms with Gasteiger partial charge in [-0.1, -0.05) is 25.2 Å². The van der Waals surface area contributed by atoms with Crippen LogP contribution in [0.2, 0.25) is 0 Å². The largest absolute Gasteiger partial charge is 0.493 e. The summed E-state index contributed by atoms with van der Waals surface area (Å²) >= 11 is 1.57. The second-order valence-electron chi connectivity index (χ2n) is 6.13. The Morgan fingerprint density at radius 2 is 2.24 bits per heavy atom. The Bertz CT molecular complexity index is 960. The fourth-order valence-corrected chi connectivity index (χ4v) is 3.87. The number of hydrogen-bond acceptors (Lipinski definition) is 6. The summed E-state index contributed by atoms with van der Waals surface area (Å²) in [6, 6.07) is 5.20. The molecule has 0 bridgehead atoms. The third kappa shape index (κ3) is 2.68. The van der Waals surface area contributed by atoms with Crippen LogP contribution in [0.1, 0.15) is 40.8 Å².